The summed E-state index contributed by atoms with van der Waals surface area (Å²) in [6.07, 6.45) is 0. The zero-order chi connectivity index (χ0) is 21.9. The lowest BCUT2D eigenvalue weighted by atomic mass is 10.1. The summed E-state index contributed by atoms with van der Waals surface area (Å²) in [6.45, 7) is 6.85. The molecule has 1 aliphatic rings. The SMILES string of the molecule is Cc1cc(COc2ccc3cccc(N4CCN(C)CC4)c3c2)cc(-c2ccccc2)n1. The van der Waals surface area contributed by atoms with E-state index in [1.165, 1.54) is 16.5 Å². The van der Waals surface area contributed by atoms with E-state index in [0.717, 1.165) is 54.4 Å². The number of rotatable bonds is 5. The molecule has 0 spiro atoms. The summed E-state index contributed by atoms with van der Waals surface area (Å²) in [4.78, 5) is 9.58. The number of fused-ring (bicyclic) bond motifs is 1. The fraction of sp³-hybridized carbons (Fsp3) is 0.250. The molecule has 32 heavy (non-hydrogen) atoms. The third-order valence-corrected chi connectivity index (χ3v) is 6.16. The molecule has 1 aromatic heterocycles. The van der Waals surface area contributed by atoms with Gasteiger partial charge >= 0.3 is 0 Å². The highest BCUT2D eigenvalue weighted by atomic mass is 16.5. The summed E-state index contributed by atoms with van der Waals surface area (Å²) in [5.74, 6) is 0.898. The number of hydrogen-bond donors (Lipinski definition) is 0. The smallest absolute Gasteiger partial charge is 0.120 e. The molecule has 5 rings (SSSR count). The predicted molar refractivity (Wildman–Crippen MR) is 132 cm³/mol. The molecule has 1 saturated heterocycles. The molecule has 4 aromatic rings. The lowest BCUT2D eigenvalue weighted by Crippen LogP contribution is -2.44. The van der Waals surface area contributed by atoms with E-state index in [4.69, 9.17) is 9.72 Å². The zero-order valence-electron chi connectivity index (χ0n) is 18.8. The van der Waals surface area contributed by atoms with Crippen molar-refractivity contribution in [1.29, 1.82) is 0 Å². The second-order valence-electron chi connectivity index (χ2n) is 8.61. The number of aromatic nitrogens is 1. The minimum atomic E-state index is 0.519. The van der Waals surface area contributed by atoms with Crippen molar-refractivity contribution in [3.05, 3.63) is 90.1 Å². The molecular weight excluding hydrogens is 394 g/mol. The number of likely N-dealkylation sites (N-methyl/N-ethyl adjacent to an activating group) is 1. The zero-order valence-corrected chi connectivity index (χ0v) is 18.8. The molecule has 4 heteroatoms. The van der Waals surface area contributed by atoms with Gasteiger partial charge in [-0.1, -0.05) is 48.5 Å². The Hall–Kier alpha value is -3.37. The molecule has 4 nitrogen and oxygen atoms in total. The fourth-order valence-electron chi connectivity index (χ4n) is 4.40. The van der Waals surface area contributed by atoms with Crippen LogP contribution in [0.1, 0.15) is 11.3 Å². The minimum absolute atomic E-state index is 0.519. The quantitative estimate of drug-likeness (QED) is 0.421. The molecule has 162 valence electrons. The van der Waals surface area contributed by atoms with E-state index in [2.05, 4.69) is 77.5 Å². The number of nitrogens with zero attached hydrogens (tertiary/aromatic N) is 3. The van der Waals surface area contributed by atoms with E-state index in [1.807, 2.05) is 25.1 Å². The van der Waals surface area contributed by atoms with Crippen LogP contribution in [0.5, 0.6) is 5.75 Å². The molecule has 0 bridgehead atoms. The largest absolute Gasteiger partial charge is 0.489 e. The third kappa shape index (κ3) is 4.46. The highest BCUT2D eigenvalue weighted by Gasteiger charge is 2.16. The maximum absolute atomic E-state index is 6.25. The van der Waals surface area contributed by atoms with Crippen LogP contribution in [0.3, 0.4) is 0 Å². The van der Waals surface area contributed by atoms with Gasteiger partial charge in [-0.2, -0.15) is 0 Å². The van der Waals surface area contributed by atoms with E-state index >= 15 is 0 Å². The van der Waals surface area contributed by atoms with Gasteiger partial charge in [0.15, 0.2) is 0 Å². The molecule has 3 aromatic carbocycles. The first-order valence-electron chi connectivity index (χ1n) is 11.3. The summed E-state index contributed by atoms with van der Waals surface area (Å²) >= 11 is 0. The van der Waals surface area contributed by atoms with Crippen LogP contribution >= 0.6 is 0 Å². The first kappa shape index (κ1) is 20.5. The van der Waals surface area contributed by atoms with Crippen LogP contribution < -0.4 is 9.64 Å². The number of hydrogen-bond acceptors (Lipinski definition) is 4. The number of benzene rings is 3. The molecule has 0 saturated carbocycles. The Morgan fingerprint density at radius 3 is 2.47 bits per heavy atom. The van der Waals surface area contributed by atoms with Crippen molar-refractivity contribution in [2.24, 2.45) is 0 Å². The van der Waals surface area contributed by atoms with E-state index in [0.29, 0.717) is 6.61 Å². The van der Waals surface area contributed by atoms with Crippen LogP contribution in [0.4, 0.5) is 5.69 Å². The van der Waals surface area contributed by atoms with Gasteiger partial charge in [-0.15, -0.1) is 0 Å². The Balaban J connectivity index is 1.38. The van der Waals surface area contributed by atoms with Crippen LogP contribution in [0, 0.1) is 6.92 Å². The Kier molecular flexibility index (Phi) is 5.78. The Labute approximate surface area is 190 Å². The molecule has 0 N–H and O–H groups in total. The van der Waals surface area contributed by atoms with Crippen molar-refractivity contribution in [3.63, 3.8) is 0 Å². The average molecular weight is 424 g/mol. The number of anilines is 1. The number of ether oxygens (including phenoxy) is 1. The molecule has 0 amide bonds. The molecule has 1 aliphatic heterocycles. The molecule has 0 radical (unpaired) electrons. The molecular formula is C28H29N3O. The van der Waals surface area contributed by atoms with Crippen molar-refractivity contribution < 1.29 is 4.74 Å². The Morgan fingerprint density at radius 2 is 1.66 bits per heavy atom. The number of pyridine rings is 1. The van der Waals surface area contributed by atoms with Crippen LogP contribution in [-0.4, -0.2) is 43.1 Å². The van der Waals surface area contributed by atoms with Gasteiger partial charge in [0.1, 0.15) is 12.4 Å². The van der Waals surface area contributed by atoms with Crippen molar-refractivity contribution in [1.82, 2.24) is 9.88 Å². The highest BCUT2D eigenvalue weighted by Crippen LogP contribution is 2.31. The van der Waals surface area contributed by atoms with E-state index < -0.39 is 0 Å². The topological polar surface area (TPSA) is 28.6 Å². The van der Waals surface area contributed by atoms with Gasteiger partial charge < -0.3 is 14.5 Å². The summed E-state index contributed by atoms with van der Waals surface area (Å²) in [5.41, 5.74) is 5.54. The number of piperazine rings is 1. The van der Waals surface area contributed by atoms with Gasteiger partial charge in [-0.3, -0.25) is 4.98 Å². The maximum Gasteiger partial charge on any atom is 0.120 e. The first-order chi connectivity index (χ1) is 15.7. The van der Waals surface area contributed by atoms with E-state index in [1.54, 1.807) is 0 Å². The summed E-state index contributed by atoms with van der Waals surface area (Å²) in [6, 6.07) is 27.5. The first-order valence-corrected chi connectivity index (χ1v) is 11.3. The standard InChI is InChI=1S/C28H29N3O/c1-21-17-22(18-27(29-21)24-7-4-3-5-8-24)20-32-25-12-11-23-9-6-10-28(26(23)19-25)31-15-13-30(2)14-16-31/h3-12,17-19H,13-16,20H2,1-2H3. The molecule has 0 unspecified atom stereocenters. The molecule has 2 heterocycles. The van der Waals surface area contributed by atoms with Gasteiger partial charge in [0.05, 0.1) is 5.69 Å². The van der Waals surface area contributed by atoms with Gasteiger partial charge in [-0.05, 0) is 55.3 Å². The second-order valence-corrected chi connectivity index (χ2v) is 8.61. The van der Waals surface area contributed by atoms with Gasteiger partial charge in [-0.25, -0.2) is 0 Å². The molecule has 0 aliphatic carbocycles. The van der Waals surface area contributed by atoms with Crippen molar-refractivity contribution in [3.8, 4) is 17.0 Å². The van der Waals surface area contributed by atoms with Crippen molar-refractivity contribution in [2.45, 2.75) is 13.5 Å². The molecule has 0 atom stereocenters. The lowest BCUT2D eigenvalue weighted by Gasteiger charge is -2.34. The Bertz CT molecular complexity index is 1210. The summed E-state index contributed by atoms with van der Waals surface area (Å²) in [5, 5.41) is 2.50. The van der Waals surface area contributed by atoms with E-state index in [-0.39, 0.29) is 0 Å². The van der Waals surface area contributed by atoms with Crippen molar-refractivity contribution in [2.75, 3.05) is 38.1 Å². The second kappa shape index (κ2) is 9.01. The summed E-state index contributed by atoms with van der Waals surface area (Å²) in [7, 11) is 2.19. The van der Waals surface area contributed by atoms with Crippen LogP contribution in [-0.2, 0) is 6.61 Å². The lowest BCUT2D eigenvalue weighted by molar-refractivity contribution is 0.306. The van der Waals surface area contributed by atoms with Crippen LogP contribution in [0.25, 0.3) is 22.0 Å². The van der Waals surface area contributed by atoms with Gasteiger partial charge in [0.25, 0.3) is 0 Å². The van der Waals surface area contributed by atoms with E-state index in [9.17, 15) is 0 Å². The average Bonchev–Trinajstić information content (AvgIpc) is 2.83. The predicted octanol–water partition coefficient (Wildman–Crippen LogP) is 5.54. The number of aryl methyl sites for hydroxylation is 1. The Morgan fingerprint density at radius 1 is 0.844 bits per heavy atom. The van der Waals surface area contributed by atoms with Crippen LogP contribution in [0.15, 0.2) is 78.9 Å². The van der Waals surface area contributed by atoms with Gasteiger partial charge in [0.2, 0.25) is 0 Å². The van der Waals surface area contributed by atoms with Crippen LogP contribution in [0.2, 0.25) is 0 Å². The monoisotopic (exact) mass is 423 g/mol. The summed E-state index contributed by atoms with van der Waals surface area (Å²) < 4.78 is 6.25. The third-order valence-electron chi connectivity index (χ3n) is 6.16. The van der Waals surface area contributed by atoms with Gasteiger partial charge in [0, 0.05) is 48.5 Å². The molecule has 1 fully saturated rings. The minimum Gasteiger partial charge on any atom is -0.489 e. The highest BCUT2D eigenvalue weighted by molar-refractivity contribution is 5.95. The fourth-order valence-corrected chi connectivity index (χ4v) is 4.40. The normalized spacial score (nSPS) is 14.6. The maximum atomic E-state index is 6.25. The van der Waals surface area contributed by atoms with Crippen molar-refractivity contribution >= 4 is 16.5 Å².